The molecule has 1 aromatic carbocycles. The van der Waals surface area contributed by atoms with E-state index in [1.807, 2.05) is 20.8 Å². The molecule has 0 unspecified atom stereocenters. The Kier molecular flexibility index (Phi) is 5.16. The van der Waals surface area contributed by atoms with E-state index in [1.54, 1.807) is 30.3 Å². The molecule has 0 spiro atoms. The van der Waals surface area contributed by atoms with E-state index in [0.29, 0.717) is 9.93 Å². The van der Waals surface area contributed by atoms with Crippen molar-refractivity contribution in [3.8, 4) is 0 Å². The third-order valence-corrected chi connectivity index (χ3v) is 4.02. The first-order valence-corrected chi connectivity index (χ1v) is 8.17. The van der Waals surface area contributed by atoms with Crippen LogP contribution in [0.25, 0.3) is 6.08 Å². The molecular formula is C16H17ClN2O3S. The van der Waals surface area contributed by atoms with E-state index >= 15 is 0 Å². The van der Waals surface area contributed by atoms with Gasteiger partial charge in [-0.2, -0.15) is 0 Å². The fourth-order valence-corrected chi connectivity index (χ4v) is 2.91. The second-order valence-corrected chi connectivity index (χ2v) is 7.55. The average Bonchev–Trinajstić information content (AvgIpc) is 2.67. The topological polar surface area (TPSA) is 66.5 Å². The molecule has 122 valence electrons. The van der Waals surface area contributed by atoms with Gasteiger partial charge in [-0.3, -0.25) is 19.3 Å². The molecule has 0 saturated carbocycles. The van der Waals surface area contributed by atoms with E-state index in [4.69, 9.17) is 11.6 Å². The van der Waals surface area contributed by atoms with Crippen molar-refractivity contribution in [3.05, 3.63) is 39.8 Å². The molecule has 5 nitrogen and oxygen atoms in total. The fraction of sp³-hybridized carbons (Fsp3) is 0.312. The van der Waals surface area contributed by atoms with Crippen LogP contribution in [-0.4, -0.2) is 34.0 Å². The van der Waals surface area contributed by atoms with Gasteiger partial charge >= 0.3 is 0 Å². The number of thioether (sulfide) groups is 1. The van der Waals surface area contributed by atoms with Crippen molar-refractivity contribution in [1.29, 1.82) is 0 Å². The Labute approximate surface area is 144 Å². The number of hydrogen-bond acceptors (Lipinski definition) is 4. The van der Waals surface area contributed by atoms with E-state index in [2.05, 4.69) is 5.32 Å². The third-order valence-electron chi connectivity index (χ3n) is 2.86. The van der Waals surface area contributed by atoms with Crippen molar-refractivity contribution in [1.82, 2.24) is 10.2 Å². The van der Waals surface area contributed by atoms with Gasteiger partial charge in [0.2, 0.25) is 5.91 Å². The lowest BCUT2D eigenvalue weighted by atomic mass is 10.1. The monoisotopic (exact) mass is 352 g/mol. The summed E-state index contributed by atoms with van der Waals surface area (Å²) in [4.78, 5) is 37.4. The van der Waals surface area contributed by atoms with Gasteiger partial charge in [0.25, 0.3) is 11.1 Å². The number of amides is 3. The maximum absolute atomic E-state index is 12.3. The summed E-state index contributed by atoms with van der Waals surface area (Å²) in [5, 5.41) is 2.88. The molecule has 3 amide bonds. The van der Waals surface area contributed by atoms with Crippen molar-refractivity contribution in [2.45, 2.75) is 26.3 Å². The average molecular weight is 353 g/mol. The fourth-order valence-electron chi connectivity index (χ4n) is 1.95. The Balaban J connectivity index is 2.10. The van der Waals surface area contributed by atoms with Gasteiger partial charge < -0.3 is 5.32 Å². The number of benzene rings is 1. The minimum Gasteiger partial charge on any atom is -0.350 e. The van der Waals surface area contributed by atoms with Gasteiger partial charge in [-0.1, -0.05) is 23.7 Å². The summed E-state index contributed by atoms with van der Waals surface area (Å²) in [7, 11) is 0. The summed E-state index contributed by atoms with van der Waals surface area (Å²) in [6.07, 6.45) is 1.61. The first-order chi connectivity index (χ1) is 10.7. The van der Waals surface area contributed by atoms with E-state index in [9.17, 15) is 14.4 Å². The Morgan fingerprint density at radius 2 is 1.87 bits per heavy atom. The second-order valence-electron chi connectivity index (χ2n) is 6.12. The summed E-state index contributed by atoms with van der Waals surface area (Å²) < 4.78 is 0. The van der Waals surface area contributed by atoms with E-state index in [-0.39, 0.29) is 12.5 Å². The van der Waals surface area contributed by atoms with Crippen LogP contribution in [0.5, 0.6) is 0 Å². The van der Waals surface area contributed by atoms with Crippen LogP contribution in [0.4, 0.5) is 4.79 Å². The number of carbonyl (C=O) groups is 3. The van der Waals surface area contributed by atoms with Crippen molar-refractivity contribution < 1.29 is 14.4 Å². The van der Waals surface area contributed by atoms with Crippen LogP contribution < -0.4 is 5.32 Å². The highest BCUT2D eigenvalue weighted by Gasteiger charge is 2.36. The lowest BCUT2D eigenvalue weighted by Gasteiger charge is -2.22. The minimum absolute atomic E-state index is 0.278. The van der Waals surface area contributed by atoms with Crippen molar-refractivity contribution in [2.24, 2.45) is 0 Å². The predicted octanol–water partition coefficient (Wildman–Crippen LogP) is 3.29. The number of rotatable bonds is 3. The van der Waals surface area contributed by atoms with Crippen LogP contribution in [0.3, 0.4) is 0 Å². The Morgan fingerprint density at radius 3 is 2.43 bits per heavy atom. The maximum atomic E-state index is 12.3. The summed E-state index contributed by atoms with van der Waals surface area (Å²) in [6.45, 7) is 5.22. The third kappa shape index (κ3) is 4.84. The zero-order valence-corrected chi connectivity index (χ0v) is 14.6. The number of nitrogens with zero attached hydrogens (tertiary/aromatic N) is 1. The molecule has 0 radical (unpaired) electrons. The highest BCUT2D eigenvalue weighted by atomic mass is 35.5. The number of imide groups is 1. The molecule has 23 heavy (non-hydrogen) atoms. The molecule has 1 aromatic rings. The van der Waals surface area contributed by atoms with E-state index in [0.717, 1.165) is 22.2 Å². The van der Waals surface area contributed by atoms with E-state index in [1.165, 1.54) is 0 Å². The molecule has 0 aliphatic carbocycles. The molecule has 2 rings (SSSR count). The molecular weight excluding hydrogens is 336 g/mol. The number of carbonyl (C=O) groups excluding carboxylic acids is 3. The van der Waals surface area contributed by atoms with Crippen LogP contribution in [0.1, 0.15) is 26.3 Å². The Bertz CT molecular complexity index is 678. The summed E-state index contributed by atoms with van der Waals surface area (Å²) in [5.74, 6) is -0.827. The van der Waals surface area contributed by atoms with Crippen LogP contribution in [0.15, 0.2) is 29.2 Å². The first kappa shape index (κ1) is 17.6. The molecule has 1 aliphatic heterocycles. The van der Waals surface area contributed by atoms with Crippen molar-refractivity contribution in [3.63, 3.8) is 0 Å². The quantitative estimate of drug-likeness (QED) is 0.848. The molecule has 0 aromatic heterocycles. The highest BCUT2D eigenvalue weighted by molar-refractivity contribution is 8.18. The standard InChI is InChI=1S/C16H17ClN2O3S/c1-16(2,3)18-13(20)9-19-14(21)12(23-15(19)22)8-10-4-6-11(17)7-5-10/h4-8H,9H2,1-3H3,(H,18,20)/b12-8-. The van der Waals surface area contributed by atoms with Gasteiger partial charge in [0, 0.05) is 10.6 Å². The summed E-state index contributed by atoms with van der Waals surface area (Å²) in [6, 6.07) is 6.91. The van der Waals surface area contributed by atoms with E-state index < -0.39 is 16.7 Å². The highest BCUT2D eigenvalue weighted by Crippen LogP contribution is 2.32. The molecule has 1 heterocycles. The Morgan fingerprint density at radius 1 is 1.26 bits per heavy atom. The van der Waals surface area contributed by atoms with Crippen LogP contribution in [0, 0.1) is 0 Å². The predicted molar refractivity (Wildman–Crippen MR) is 92.0 cm³/mol. The molecule has 7 heteroatoms. The van der Waals surface area contributed by atoms with Crippen molar-refractivity contribution in [2.75, 3.05) is 6.54 Å². The van der Waals surface area contributed by atoms with Gasteiger partial charge in [0.15, 0.2) is 0 Å². The normalized spacial score (nSPS) is 17.0. The summed E-state index contributed by atoms with van der Waals surface area (Å²) >= 11 is 6.64. The number of nitrogens with one attached hydrogen (secondary N) is 1. The molecule has 1 saturated heterocycles. The molecule has 1 N–H and O–H groups in total. The number of hydrogen-bond donors (Lipinski definition) is 1. The van der Waals surface area contributed by atoms with Gasteiger partial charge in [-0.25, -0.2) is 0 Å². The Hall–Kier alpha value is -1.79. The first-order valence-electron chi connectivity index (χ1n) is 6.98. The van der Waals surface area contributed by atoms with Crippen LogP contribution >= 0.6 is 23.4 Å². The lowest BCUT2D eigenvalue weighted by molar-refractivity contribution is -0.130. The van der Waals surface area contributed by atoms with Gasteiger partial charge in [0.1, 0.15) is 6.54 Å². The zero-order chi connectivity index (χ0) is 17.2. The number of halogens is 1. The zero-order valence-electron chi connectivity index (χ0n) is 13.1. The van der Waals surface area contributed by atoms with Crippen molar-refractivity contribution >= 4 is 46.5 Å². The smallest absolute Gasteiger partial charge is 0.294 e. The molecule has 0 atom stereocenters. The van der Waals surface area contributed by atoms with Crippen LogP contribution in [-0.2, 0) is 9.59 Å². The van der Waals surface area contributed by atoms with Gasteiger partial charge in [-0.05, 0) is 56.3 Å². The second kappa shape index (κ2) is 6.76. The minimum atomic E-state index is -0.459. The molecule has 0 bridgehead atoms. The van der Waals surface area contributed by atoms with Crippen LogP contribution in [0.2, 0.25) is 5.02 Å². The summed E-state index contributed by atoms with van der Waals surface area (Å²) in [5.41, 5.74) is 0.344. The largest absolute Gasteiger partial charge is 0.350 e. The SMILES string of the molecule is CC(C)(C)NC(=O)CN1C(=O)S/C(=C\c2ccc(Cl)cc2)C1=O. The van der Waals surface area contributed by atoms with Gasteiger partial charge in [0.05, 0.1) is 4.91 Å². The van der Waals surface area contributed by atoms with Gasteiger partial charge in [-0.15, -0.1) is 0 Å². The molecule has 1 aliphatic rings. The lowest BCUT2D eigenvalue weighted by Crippen LogP contribution is -2.46. The molecule has 1 fully saturated rings. The maximum Gasteiger partial charge on any atom is 0.294 e.